The van der Waals surface area contributed by atoms with E-state index in [1.165, 1.54) is 23.9 Å². The predicted molar refractivity (Wildman–Crippen MR) is 113 cm³/mol. The first kappa shape index (κ1) is 19.9. The molecule has 2 aromatic carbocycles. The number of nitrogens with one attached hydrogen (secondary N) is 1. The van der Waals surface area contributed by atoms with Crippen molar-refractivity contribution in [2.24, 2.45) is 0 Å². The number of benzene rings is 2. The zero-order valence-corrected chi connectivity index (χ0v) is 17.0. The summed E-state index contributed by atoms with van der Waals surface area (Å²) >= 11 is 1.30. The van der Waals surface area contributed by atoms with Gasteiger partial charge in [0.1, 0.15) is 11.6 Å². The molecule has 30 heavy (non-hydrogen) atoms. The Labute approximate surface area is 177 Å². The van der Waals surface area contributed by atoms with Crippen molar-refractivity contribution < 1.29 is 13.6 Å². The fourth-order valence-electron chi connectivity index (χ4n) is 2.95. The third-order valence-electron chi connectivity index (χ3n) is 4.48. The van der Waals surface area contributed by atoms with Crippen LogP contribution >= 0.6 is 11.8 Å². The van der Waals surface area contributed by atoms with Gasteiger partial charge in [-0.15, -0.1) is 10.2 Å². The van der Waals surface area contributed by atoms with Gasteiger partial charge in [-0.2, -0.15) is 0 Å². The summed E-state index contributed by atoms with van der Waals surface area (Å²) in [5.41, 5.74) is 2.58. The van der Waals surface area contributed by atoms with E-state index in [4.69, 9.17) is 4.42 Å². The zero-order chi connectivity index (χ0) is 20.9. The summed E-state index contributed by atoms with van der Waals surface area (Å²) in [7, 11) is 0. The van der Waals surface area contributed by atoms with Gasteiger partial charge in [-0.05, 0) is 42.8 Å². The topological polar surface area (TPSA) is 72.9 Å². The molecule has 2 aromatic heterocycles. The molecule has 0 bridgehead atoms. The first-order valence-corrected chi connectivity index (χ1v) is 10.3. The van der Waals surface area contributed by atoms with Crippen LogP contribution in [0.25, 0.3) is 17.1 Å². The number of furan rings is 1. The Morgan fingerprint density at radius 3 is 2.57 bits per heavy atom. The number of thioether (sulfide) groups is 1. The SMILES string of the molecule is Cc1occc1-c1nnc(SCC(=O)NCc2ccc(F)cc2)n1-c1ccccc1. The van der Waals surface area contributed by atoms with Crippen LogP contribution in [-0.4, -0.2) is 26.4 Å². The standard InChI is InChI=1S/C22H19FN4O2S/c1-15-19(11-12-29-15)21-25-26-22(27(21)18-5-3-2-4-6-18)30-14-20(28)24-13-16-7-9-17(23)10-8-16/h2-12H,13-14H2,1H3,(H,24,28). The van der Waals surface area contributed by atoms with Gasteiger partial charge in [0.25, 0.3) is 0 Å². The highest BCUT2D eigenvalue weighted by Gasteiger charge is 2.19. The van der Waals surface area contributed by atoms with Crippen molar-refractivity contribution in [3.05, 3.63) is 84.1 Å². The van der Waals surface area contributed by atoms with E-state index in [9.17, 15) is 9.18 Å². The van der Waals surface area contributed by atoms with Crippen LogP contribution in [0.4, 0.5) is 4.39 Å². The number of halogens is 1. The molecule has 0 unspecified atom stereocenters. The molecule has 0 aliphatic carbocycles. The molecule has 0 spiro atoms. The lowest BCUT2D eigenvalue weighted by atomic mass is 10.2. The summed E-state index contributed by atoms with van der Waals surface area (Å²) in [6.45, 7) is 2.21. The first-order chi connectivity index (χ1) is 14.6. The average molecular weight is 422 g/mol. The maximum Gasteiger partial charge on any atom is 0.230 e. The lowest BCUT2D eigenvalue weighted by molar-refractivity contribution is -0.118. The molecule has 6 nitrogen and oxygen atoms in total. The number of carbonyl (C=O) groups is 1. The van der Waals surface area contributed by atoms with Gasteiger partial charge >= 0.3 is 0 Å². The van der Waals surface area contributed by atoms with Crippen molar-refractivity contribution in [2.45, 2.75) is 18.6 Å². The molecule has 0 atom stereocenters. The van der Waals surface area contributed by atoms with Gasteiger partial charge in [0.05, 0.1) is 17.6 Å². The van der Waals surface area contributed by atoms with E-state index in [0.29, 0.717) is 17.5 Å². The van der Waals surface area contributed by atoms with E-state index in [2.05, 4.69) is 15.5 Å². The second-order valence-corrected chi connectivity index (χ2v) is 7.50. The summed E-state index contributed by atoms with van der Waals surface area (Å²) in [6, 6.07) is 17.6. The molecule has 1 amide bonds. The lowest BCUT2D eigenvalue weighted by Gasteiger charge is -2.10. The number of amides is 1. The van der Waals surface area contributed by atoms with Gasteiger partial charge in [0, 0.05) is 12.2 Å². The number of aryl methyl sites for hydroxylation is 1. The number of para-hydroxylation sites is 1. The van der Waals surface area contributed by atoms with Crippen molar-refractivity contribution in [3.63, 3.8) is 0 Å². The van der Waals surface area contributed by atoms with Crippen LogP contribution in [0.2, 0.25) is 0 Å². The van der Waals surface area contributed by atoms with E-state index in [-0.39, 0.29) is 17.5 Å². The number of nitrogens with zero attached hydrogens (tertiary/aromatic N) is 3. The number of aromatic nitrogens is 3. The fraction of sp³-hybridized carbons (Fsp3) is 0.136. The second-order valence-electron chi connectivity index (χ2n) is 6.56. The average Bonchev–Trinajstić information content (AvgIpc) is 3.38. The molecule has 0 fully saturated rings. The van der Waals surface area contributed by atoms with Crippen LogP contribution in [0, 0.1) is 12.7 Å². The van der Waals surface area contributed by atoms with Gasteiger partial charge in [0.2, 0.25) is 5.91 Å². The first-order valence-electron chi connectivity index (χ1n) is 9.31. The number of rotatable bonds is 7. The molecular weight excluding hydrogens is 403 g/mol. The zero-order valence-electron chi connectivity index (χ0n) is 16.2. The Balaban J connectivity index is 1.50. The van der Waals surface area contributed by atoms with Crippen molar-refractivity contribution in [3.8, 4) is 17.1 Å². The summed E-state index contributed by atoms with van der Waals surface area (Å²) in [4.78, 5) is 12.3. The summed E-state index contributed by atoms with van der Waals surface area (Å²) in [5, 5.41) is 12.1. The Morgan fingerprint density at radius 1 is 1.10 bits per heavy atom. The molecule has 152 valence electrons. The van der Waals surface area contributed by atoms with Gasteiger partial charge in [0.15, 0.2) is 11.0 Å². The molecule has 0 radical (unpaired) electrons. The second kappa shape index (κ2) is 8.96. The van der Waals surface area contributed by atoms with Gasteiger partial charge in [-0.25, -0.2) is 4.39 Å². The molecule has 0 aliphatic heterocycles. The van der Waals surface area contributed by atoms with Crippen LogP contribution < -0.4 is 5.32 Å². The van der Waals surface area contributed by atoms with E-state index in [1.807, 2.05) is 47.9 Å². The van der Waals surface area contributed by atoms with Crippen LogP contribution in [0.1, 0.15) is 11.3 Å². The van der Waals surface area contributed by atoms with Crippen molar-refractivity contribution in [2.75, 3.05) is 5.75 Å². The molecule has 0 saturated heterocycles. The summed E-state index contributed by atoms with van der Waals surface area (Å²) in [5.74, 6) is 1.13. The lowest BCUT2D eigenvalue weighted by Crippen LogP contribution is -2.24. The highest BCUT2D eigenvalue weighted by atomic mass is 32.2. The molecular formula is C22H19FN4O2S. The van der Waals surface area contributed by atoms with Crippen molar-refractivity contribution >= 4 is 17.7 Å². The fourth-order valence-corrected chi connectivity index (χ4v) is 3.73. The van der Waals surface area contributed by atoms with Gasteiger partial charge < -0.3 is 9.73 Å². The van der Waals surface area contributed by atoms with Crippen molar-refractivity contribution in [1.29, 1.82) is 0 Å². The van der Waals surface area contributed by atoms with Crippen LogP contribution in [0.15, 0.2) is 76.5 Å². The molecule has 4 aromatic rings. The van der Waals surface area contributed by atoms with Crippen LogP contribution in [-0.2, 0) is 11.3 Å². The predicted octanol–water partition coefficient (Wildman–Crippen LogP) is 4.38. The van der Waals surface area contributed by atoms with Gasteiger partial charge in [-0.1, -0.05) is 42.1 Å². The maximum atomic E-state index is 13.0. The Morgan fingerprint density at radius 2 is 1.87 bits per heavy atom. The monoisotopic (exact) mass is 422 g/mol. The number of hydrogen-bond donors (Lipinski definition) is 1. The highest BCUT2D eigenvalue weighted by Crippen LogP contribution is 2.30. The Bertz CT molecular complexity index is 1140. The molecule has 1 N–H and O–H groups in total. The third-order valence-corrected chi connectivity index (χ3v) is 5.41. The van der Waals surface area contributed by atoms with Gasteiger partial charge in [-0.3, -0.25) is 9.36 Å². The minimum atomic E-state index is -0.301. The summed E-state index contributed by atoms with van der Waals surface area (Å²) < 4.78 is 20.3. The maximum absolute atomic E-state index is 13.0. The van der Waals surface area contributed by atoms with E-state index >= 15 is 0 Å². The third kappa shape index (κ3) is 4.44. The molecule has 8 heteroatoms. The van der Waals surface area contributed by atoms with E-state index < -0.39 is 0 Å². The van der Waals surface area contributed by atoms with Crippen molar-refractivity contribution in [1.82, 2.24) is 20.1 Å². The molecule has 4 rings (SSSR count). The summed E-state index contributed by atoms with van der Waals surface area (Å²) in [6.07, 6.45) is 1.62. The molecule has 0 aliphatic rings. The minimum Gasteiger partial charge on any atom is -0.469 e. The minimum absolute atomic E-state index is 0.145. The number of hydrogen-bond acceptors (Lipinski definition) is 5. The van der Waals surface area contributed by atoms with E-state index in [0.717, 1.165) is 22.6 Å². The largest absolute Gasteiger partial charge is 0.469 e. The molecule has 0 saturated carbocycles. The Hall–Kier alpha value is -3.39. The van der Waals surface area contributed by atoms with Crippen LogP contribution in [0.5, 0.6) is 0 Å². The number of carbonyl (C=O) groups excluding carboxylic acids is 1. The smallest absolute Gasteiger partial charge is 0.230 e. The van der Waals surface area contributed by atoms with E-state index in [1.54, 1.807) is 18.4 Å². The normalized spacial score (nSPS) is 10.9. The molecule has 2 heterocycles. The quantitative estimate of drug-likeness (QED) is 0.448. The Kier molecular flexibility index (Phi) is 5.94. The van der Waals surface area contributed by atoms with Crippen LogP contribution in [0.3, 0.4) is 0 Å². The highest BCUT2D eigenvalue weighted by molar-refractivity contribution is 7.99.